The normalized spacial score (nSPS) is 25.5. The van der Waals surface area contributed by atoms with Crippen LogP contribution in [0.4, 0.5) is 0 Å². The van der Waals surface area contributed by atoms with Gasteiger partial charge in [-0.2, -0.15) is 0 Å². The molecule has 3 rings (SSSR count). The first kappa shape index (κ1) is 15.9. The zero-order valence-corrected chi connectivity index (χ0v) is 14.1. The summed E-state index contributed by atoms with van der Waals surface area (Å²) in [6, 6.07) is 0.527. The number of aromatic nitrogens is 3. The number of hydrogen-bond acceptors (Lipinski definition) is 5. The molecule has 1 aromatic rings. The molecule has 0 bridgehead atoms. The zero-order valence-electron chi connectivity index (χ0n) is 14.1. The van der Waals surface area contributed by atoms with E-state index in [9.17, 15) is 5.11 Å². The molecular formula is C16H29N5O. The second kappa shape index (κ2) is 6.64. The average Bonchev–Trinajstić information content (AvgIpc) is 3.26. The molecule has 1 aliphatic carbocycles. The molecule has 6 nitrogen and oxygen atoms in total. The number of aliphatic hydroxyl groups excluding tert-OH is 1. The van der Waals surface area contributed by atoms with Crippen LogP contribution in [0.5, 0.6) is 0 Å². The fourth-order valence-corrected chi connectivity index (χ4v) is 3.48. The van der Waals surface area contributed by atoms with Crippen LogP contribution in [0.2, 0.25) is 0 Å². The molecule has 1 aromatic heterocycles. The van der Waals surface area contributed by atoms with Gasteiger partial charge >= 0.3 is 0 Å². The fraction of sp³-hybridized carbons (Fsp3) is 0.875. The summed E-state index contributed by atoms with van der Waals surface area (Å²) in [5.74, 6) is 2.90. The predicted octanol–water partition coefficient (Wildman–Crippen LogP) is 0.969. The van der Waals surface area contributed by atoms with E-state index in [4.69, 9.17) is 0 Å². The molecule has 0 aromatic carbocycles. The summed E-state index contributed by atoms with van der Waals surface area (Å²) in [6.07, 6.45) is 3.40. The SMILES string of the molecule is CCC1CN(Cc2nnc(C3CC3)n2C)CCN1CC(C)O. The third-order valence-corrected chi connectivity index (χ3v) is 4.97. The molecule has 0 radical (unpaired) electrons. The van der Waals surface area contributed by atoms with E-state index >= 15 is 0 Å². The van der Waals surface area contributed by atoms with Gasteiger partial charge in [-0.25, -0.2) is 0 Å². The van der Waals surface area contributed by atoms with E-state index in [-0.39, 0.29) is 6.10 Å². The van der Waals surface area contributed by atoms with Crippen molar-refractivity contribution in [1.82, 2.24) is 24.6 Å². The Balaban J connectivity index is 1.59. The number of nitrogens with zero attached hydrogens (tertiary/aromatic N) is 5. The Morgan fingerprint density at radius 3 is 2.68 bits per heavy atom. The minimum Gasteiger partial charge on any atom is -0.392 e. The van der Waals surface area contributed by atoms with Crippen LogP contribution in [0.25, 0.3) is 0 Å². The van der Waals surface area contributed by atoms with Gasteiger partial charge in [0, 0.05) is 45.2 Å². The maximum absolute atomic E-state index is 9.64. The van der Waals surface area contributed by atoms with Gasteiger partial charge in [-0.3, -0.25) is 9.80 Å². The highest BCUT2D eigenvalue weighted by Crippen LogP contribution is 2.38. The topological polar surface area (TPSA) is 57.4 Å². The molecule has 2 heterocycles. The zero-order chi connectivity index (χ0) is 15.7. The van der Waals surface area contributed by atoms with Crippen molar-refractivity contribution in [3.05, 3.63) is 11.6 Å². The molecule has 0 amide bonds. The van der Waals surface area contributed by atoms with Crippen LogP contribution in [-0.2, 0) is 13.6 Å². The van der Waals surface area contributed by atoms with Crippen molar-refractivity contribution >= 4 is 0 Å². The second-order valence-corrected chi connectivity index (χ2v) is 6.95. The highest BCUT2D eigenvalue weighted by Gasteiger charge is 2.31. The van der Waals surface area contributed by atoms with Gasteiger partial charge in [0.25, 0.3) is 0 Å². The van der Waals surface area contributed by atoms with Crippen LogP contribution in [0.15, 0.2) is 0 Å². The Bertz CT molecular complexity index is 497. The van der Waals surface area contributed by atoms with Crippen LogP contribution in [0, 0.1) is 0 Å². The lowest BCUT2D eigenvalue weighted by molar-refractivity contribution is 0.0325. The van der Waals surface area contributed by atoms with E-state index in [2.05, 4.69) is 38.5 Å². The quantitative estimate of drug-likeness (QED) is 0.849. The van der Waals surface area contributed by atoms with Crippen molar-refractivity contribution in [2.24, 2.45) is 7.05 Å². The molecule has 2 unspecified atom stereocenters. The second-order valence-electron chi connectivity index (χ2n) is 6.95. The van der Waals surface area contributed by atoms with E-state index < -0.39 is 0 Å². The van der Waals surface area contributed by atoms with Crippen LogP contribution in [0.1, 0.15) is 50.7 Å². The lowest BCUT2D eigenvalue weighted by Crippen LogP contribution is -2.54. The molecule has 6 heteroatoms. The lowest BCUT2D eigenvalue weighted by Gasteiger charge is -2.41. The minimum atomic E-state index is -0.250. The molecule has 1 saturated carbocycles. The number of hydrogen-bond donors (Lipinski definition) is 1. The molecule has 1 aliphatic heterocycles. The molecule has 0 spiro atoms. The number of aliphatic hydroxyl groups is 1. The van der Waals surface area contributed by atoms with E-state index in [1.54, 1.807) is 0 Å². The van der Waals surface area contributed by atoms with Crippen molar-refractivity contribution in [3.8, 4) is 0 Å². The van der Waals surface area contributed by atoms with Gasteiger partial charge in [0.1, 0.15) is 11.6 Å². The standard InChI is InChI=1S/C16H29N5O/c1-4-14-10-20(7-8-21(14)9-12(2)22)11-15-17-18-16(19(15)3)13-5-6-13/h12-14,22H,4-11H2,1-3H3. The number of rotatable bonds is 6. The highest BCUT2D eigenvalue weighted by atomic mass is 16.3. The molecule has 2 atom stereocenters. The highest BCUT2D eigenvalue weighted by molar-refractivity contribution is 5.07. The lowest BCUT2D eigenvalue weighted by atomic mass is 10.1. The molecule has 124 valence electrons. The van der Waals surface area contributed by atoms with Crippen molar-refractivity contribution < 1.29 is 5.11 Å². The smallest absolute Gasteiger partial charge is 0.146 e. The van der Waals surface area contributed by atoms with Crippen molar-refractivity contribution in [2.45, 2.75) is 57.7 Å². The van der Waals surface area contributed by atoms with Crippen molar-refractivity contribution in [1.29, 1.82) is 0 Å². The Morgan fingerprint density at radius 1 is 1.27 bits per heavy atom. The van der Waals surface area contributed by atoms with E-state index in [1.807, 2.05) is 6.92 Å². The summed E-state index contributed by atoms with van der Waals surface area (Å²) in [4.78, 5) is 4.90. The van der Waals surface area contributed by atoms with Crippen molar-refractivity contribution in [3.63, 3.8) is 0 Å². The maximum atomic E-state index is 9.64. The first-order valence-electron chi connectivity index (χ1n) is 8.61. The van der Waals surface area contributed by atoms with Gasteiger partial charge < -0.3 is 9.67 Å². The van der Waals surface area contributed by atoms with Crippen LogP contribution >= 0.6 is 0 Å². The first-order valence-corrected chi connectivity index (χ1v) is 8.61. The minimum absolute atomic E-state index is 0.250. The van der Waals surface area contributed by atoms with Gasteiger partial charge in [-0.05, 0) is 26.2 Å². The van der Waals surface area contributed by atoms with Gasteiger partial charge in [0.05, 0.1) is 12.6 Å². The van der Waals surface area contributed by atoms with Gasteiger partial charge in [0.2, 0.25) is 0 Å². The predicted molar refractivity (Wildman–Crippen MR) is 85.6 cm³/mol. The maximum Gasteiger partial charge on any atom is 0.146 e. The van der Waals surface area contributed by atoms with Crippen LogP contribution in [0.3, 0.4) is 0 Å². The molecule has 1 saturated heterocycles. The summed E-state index contributed by atoms with van der Waals surface area (Å²) < 4.78 is 2.20. The summed E-state index contributed by atoms with van der Waals surface area (Å²) in [5.41, 5.74) is 0. The largest absolute Gasteiger partial charge is 0.392 e. The Kier molecular flexibility index (Phi) is 4.80. The Hall–Kier alpha value is -0.980. The van der Waals surface area contributed by atoms with Crippen LogP contribution < -0.4 is 0 Å². The van der Waals surface area contributed by atoms with E-state index in [0.29, 0.717) is 12.0 Å². The molecule has 2 aliphatic rings. The van der Waals surface area contributed by atoms with Gasteiger partial charge in [0.15, 0.2) is 0 Å². The Morgan fingerprint density at radius 2 is 2.05 bits per heavy atom. The first-order chi connectivity index (χ1) is 10.6. The average molecular weight is 307 g/mol. The molecule has 2 fully saturated rings. The monoisotopic (exact) mass is 307 g/mol. The summed E-state index contributed by atoms with van der Waals surface area (Å²) >= 11 is 0. The third-order valence-electron chi connectivity index (χ3n) is 4.97. The molecule has 22 heavy (non-hydrogen) atoms. The third kappa shape index (κ3) is 3.50. The number of β-amino-alcohol motifs (C(OH)–C–C–N with tert-alkyl or cyclic N) is 1. The number of piperazine rings is 1. The van der Waals surface area contributed by atoms with Crippen molar-refractivity contribution in [2.75, 3.05) is 26.2 Å². The Labute approximate surface area is 133 Å². The van der Waals surface area contributed by atoms with Gasteiger partial charge in [-0.1, -0.05) is 6.92 Å². The van der Waals surface area contributed by atoms with Gasteiger partial charge in [-0.15, -0.1) is 10.2 Å². The van der Waals surface area contributed by atoms with E-state index in [0.717, 1.165) is 50.8 Å². The molecular weight excluding hydrogens is 278 g/mol. The summed E-state index contributed by atoms with van der Waals surface area (Å²) in [6.45, 7) is 8.88. The fourth-order valence-electron chi connectivity index (χ4n) is 3.48. The van der Waals surface area contributed by atoms with E-state index in [1.165, 1.54) is 12.8 Å². The molecule has 1 N–H and O–H groups in total. The summed E-state index contributed by atoms with van der Waals surface area (Å²) in [5, 5.41) is 18.4. The van der Waals surface area contributed by atoms with Crippen LogP contribution in [-0.4, -0.2) is 68.0 Å². The summed E-state index contributed by atoms with van der Waals surface area (Å²) in [7, 11) is 2.10.